The van der Waals surface area contributed by atoms with Crippen molar-refractivity contribution in [3.05, 3.63) is 40.1 Å². The number of rotatable bonds is 8. The molecule has 2 aromatic rings. The predicted octanol–water partition coefficient (Wildman–Crippen LogP) is 4.47. The van der Waals surface area contributed by atoms with E-state index < -0.39 is 10.9 Å². The van der Waals surface area contributed by atoms with Gasteiger partial charge in [-0.05, 0) is 18.6 Å². The molecule has 0 radical (unpaired) electrons. The van der Waals surface area contributed by atoms with Gasteiger partial charge in [0, 0.05) is 17.5 Å². The molecule has 118 valence electrons. The number of hydrogen-bond donors (Lipinski definition) is 0. The van der Waals surface area contributed by atoms with Gasteiger partial charge >= 0.3 is 5.97 Å². The van der Waals surface area contributed by atoms with Crippen molar-refractivity contribution in [3.8, 4) is 0 Å². The highest BCUT2D eigenvalue weighted by atomic mass is 16.6. The van der Waals surface area contributed by atoms with Crippen LogP contribution in [-0.4, -0.2) is 17.5 Å². The van der Waals surface area contributed by atoms with E-state index in [-0.39, 0.29) is 11.4 Å². The van der Waals surface area contributed by atoms with Crippen LogP contribution in [0.3, 0.4) is 0 Å². The van der Waals surface area contributed by atoms with Gasteiger partial charge in [0.15, 0.2) is 0 Å². The van der Waals surface area contributed by atoms with Gasteiger partial charge in [0.05, 0.1) is 11.5 Å². The van der Waals surface area contributed by atoms with Gasteiger partial charge in [-0.2, -0.15) is 0 Å². The van der Waals surface area contributed by atoms with Gasteiger partial charge in [-0.1, -0.05) is 32.6 Å². The molecule has 0 fully saturated rings. The molecule has 1 heterocycles. The number of esters is 1. The summed E-state index contributed by atoms with van der Waals surface area (Å²) in [4.78, 5) is 22.1. The number of nitro benzene ring substituents is 1. The van der Waals surface area contributed by atoms with Crippen molar-refractivity contribution >= 4 is 22.6 Å². The zero-order chi connectivity index (χ0) is 15.9. The average Bonchev–Trinajstić information content (AvgIpc) is 2.93. The number of non-ortho nitro benzene ring substituents is 1. The molecule has 0 aliphatic heterocycles. The molecule has 22 heavy (non-hydrogen) atoms. The third-order valence-electron chi connectivity index (χ3n) is 3.39. The molecular formula is C16H19NO5. The number of fused-ring (bicyclic) bond motifs is 1. The highest BCUT2D eigenvalue weighted by molar-refractivity contribution is 5.93. The molecule has 6 nitrogen and oxygen atoms in total. The van der Waals surface area contributed by atoms with E-state index in [4.69, 9.17) is 9.15 Å². The molecule has 0 atom stereocenters. The topological polar surface area (TPSA) is 82.6 Å². The number of nitro groups is 1. The molecule has 0 spiro atoms. The van der Waals surface area contributed by atoms with Crippen LogP contribution in [0, 0.1) is 10.1 Å². The lowest BCUT2D eigenvalue weighted by Gasteiger charge is -2.02. The first-order valence-corrected chi connectivity index (χ1v) is 7.47. The molecule has 1 aromatic carbocycles. The first-order valence-electron chi connectivity index (χ1n) is 7.47. The molecule has 0 aliphatic carbocycles. The number of ether oxygens (including phenoxy) is 1. The molecule has 0 amide bonds. The van der Waals surface area contributed by atoms with Crippen LogP contribution in [0.15, 0.2) is 28.7 Å². The molecule has 2 rings (SSSR count). The Kier molecular flexibility index (Phi) is 5.52. The summed E-state index contributed by atoms with van der Waals surface area (Å²) >= 11 is 0. The van der Waals surface area contributed by atoms with E-state index in [9.17, 15) is 14.9 Å². The minimum absolute atomic E-state index is 0.0378. The predicted molar refractivity (Wildman–Crippen MR) is 81.9 cm³/mol. The van der Waals surface area contributed by atoms with Crippen molar-refractivity contribution in [1.82, 2.24) is 0 Å². The first-order chi connectivity index (χ1) is 10.6. The largest absolute Gasteiger partial charge is 0.460 e. The number of benzene rings is 1. The third kappa shape index (κ3) is 4.07. The Labute approximate surface area is 128 Å². The summed E-state index contributed by atoms with van der Waals surface area (Å²) in [7, 11) is 0. The SMILES string of the molecule is CCCCCCCOC(=O)c1cc2cc([N+](=O)[O-])ccc2o1. The lowest BCUT2D eigenvalue weighted by atomic mass is 10.2. The second kappa shape index (κ2) is 7.59. The van der Waals surface area contributed by atoms with Crippen LogP contribution in [-0.2, 0) is 4.74 Å². The summed E-state index contributed by atoms with van der Waals surface area (Å²) in [5.74, 6) is -0.460. The van der Waals surface area contributed by atoms with Crippen LogP contribution in [0.2, 0.25) is 0 Å². The summed E-state index contributed by atoms with van der Waals surface area (Å²) in [5, 5.41) is 11.2. The second-order valence-corrected chi connectivity index (χ2v) is 5.14. The van der Waals surface area contributed by atoms with Crippen LogP contribution in [0.4, 0.5) is 5.69 Å². The van der Waals surface area contributed by atoms with E-state index in [0.29, 0.717) is 17.6 Å². The molecule has 0 saturated heterocycles. The molecule has 0 saturated carbocycles. The van der Waals surface area contributed by atoms with E-state index in [2.05, 4.69) is 6.92 Å². The quantitative estimate of drug-likeness (QED) is 0.311. The smallest absolute Gasteiger partial charge is 0.374 e. The molecule has 0 aliphatic rings. The number of nitrogens with zero attached hydrogens (tertiary/aromatic N) is 1. The maximum atomic E-state index is 11.9. The zero-order valence-corrected chi connectivity index (χ0v) is 12.5. The third-order valence-corrected chi connectivity index (χ3v) is 3.39. The van der Waals surface area contributed by atoms with E-state index in [1.807, 2.05) is 0 Å². The Bertz CT molecular complexity index is 662. The molecule has 1 aromatic heterocycles. The van der Waals surface area contributed by atoms with Crippen molar-refractivity contribution < 1.29 is 18.9 Å². The fraction of sp³-hybridized carbons (Fsp3) is 0.438. The minimum atomic E-state index is -0.533. The average molecular weight is 305 g/mol. The van der Waals surface area contributed by atoms with Gasteiger partial charge in [-0.15, -0.1) is 0 Å². The minimum Gasteiger partial charge on any atom is -0.460 e. The first kappa shape index (κ1) is 16.0. The number of furan rings is 1. The maximum absolute atomic E-state index is 11.9. The Morgan fingerprint density at radius 3 is 2.73 bits per heavy atom. The lowest BCUT2D eigenvalue weighted by molar-refractivity contribution is -0.384. The fourth-order valence-electron chi connectivity index (χ4n) is 2.19. The molecule has 0 N–H and O–H groups in total. The van der Waals surface area contributed by atoms with E-state index >= 15 is 0 Å². The van der Waals surface area contributed by atoms with Crippen LogP contribution in [0.5, 0.6) is 0 Å². The normalized spacial score (nSPS) is 10.8. The van der Waals surface area contributed by atoms with Crippen LogP contribution >= 0.6 is 0 Å². The van der Waals surface area contributed by atoms with Crippen molar-refractivity contribution in [2.45, 2.75) is 39.0 Å². The number of unbranched alkanes of at least 4 members (excludes halogenated alkanes) is 4. The maximum Gasteiger partial charge on any atom is 0.374 e. The fourth-order valence-corrected chi connectivity index (χ4v) is 2.19. The van der Waals surface area contributed by atoms with Gasteiger partial charge < -0.3 is 9.15 Å². The molecule has 6 heteroatoms. The van der Waals surface area contributed by atoms with Crippen molar-refractivity contribution in [2.75, 3.05) is 6.61 Å². The van der Waals surface area contributed by atoms with Crippen molar-refractivity contribution in [2.24, 2.45) is 0 Å². The van der Waals surface area contributed by atoms with Gasteiger partial charge in [0.25, 0.3) is 5.69 Å². The van der Waals surface area contributed by atoms with E-state index in [0.717, 1.165) is 19.3 Å². The highest BCUT2D eigenvalue weighted by Gasteiger charge is 2.15. The van der Waals surface area contributed by atoms with Crippen LogP contribution in [0.1, 0.15) is 49.6 Å². The van der Waals surface area contributed by atoms with Crippen LogP contribution in [0.25, 0.3) is 11.0 Å². The molecule has 0 unspecified atom stereocenters. The van der Waals surface area contributed by atoms with E-state index in [1.165, 1.54) is 37.1 Å². The van der Waals surface area contributed by atoms with Gasteiger partial charge in [0.2, 0.25) is 5.76 Å². The van der Waals surface area contributed by atoms with Gasteiger partial charge in [-0.25, -0.2) is 4.79 Å². The van der Waals surface area contributed by atoms with Gasteiger partial charge in [0.1, 0.15) is 5.58 Å². The summed E-state index contributed by atoms with van der Waals surface area (Å²) < 4.78 is 10.5. The Morgan fingerprint density at radius 1 is 1.23 bits per heavy atom. The Morgan fingerprint density at radius 2 is 2.00 bits per heavy atom. The van der Waals surface area contributed by atoms with Crippen molar-refractivity contribution in [1.29, 1.82) is 0 Å². The lowest BCUT2D eigenvalue weighted by Crippen LogP contribution is -2.05. The summed E-state index contributed by atoms with van der Waals surface area (Å²) in [6.07, 6.45) is 5.37. The Hall–Kier alpha value is -2.37. The van der Waals surface area contributed by atoms with Crippen LogP contribution < -0.4 is 0 Å². The summed E-state index contributed by atoms with van der Waals surface area (Å²) in [6, 6.07) is 5.67. The number of carbonyl (C=O) groups excluding carboxylic acids is 1. The zero-order valence-electron chi connectivity index (χ0n) is 12.5. The number of carbonyl (C=O) groups is 1. The summed E-state index contributed by atoms with van der Waals surface area (Å²) in [6.45, 7) is 2.51. The number of hydrogen-bond acceptors (Lipinski definition) is 5. The summed E-state index contributed by atoms with van der Waals surface area (Å²) in [5.41, 5.74) is 0.393. The highest BCUT2D eigenvalue weighted by Crippen LogP contribution is 2.24. The van der Waals surface area contributed by atoms with Gasteiger partial charge in [-0.3, -0.25) is 10.1 Å². The Balaban J connectivity index is 1.92. The molecule has 0 bridgehead atoms. The second-order valence-electron chi connectivity index (χ2n) is 5.14. The molecular weight excluding hydrogens is 286 g/mol. The monoisotopic (exact) mass is 305 g/mol. The standard InChI is InChI=1S/C16H19NO5/c1-2-3-4-5-6-9-21-16(18)15-11-12-10-13(17(19)20)7-8-14(12)22-15/h7-8,10-11H,2-6,9H2,1H3. The van der Waals surface area contributed by atoms with E-state index in [1.54, 1.807) is 0 Å². The van der Waals surface area contributed by atoms with Crippen molar-refractivity contribution in [3.63, 3.8) is 0 Å².